The predicted molar refractivity (Wildman–Crippen MR) is 74.6 cm³/mol. The third-order valence-electron chi connectivity index (χ3n) is 3.28. The molecule has 7 heteroatoms. The zero-order valence-electron chi connectivity index (χ0n) is 12.8. The maximum atomic E-state index is 12.3. The third kappa shape index (κ3) is 3.53. The molecule has 0 aromatic carbocycles. The third-order valence-corrected chi connectivity index (χ3v) is 3.28. The van der Waals surface area contributed by atoms with Crippen LogP contribution in [0.25, 0.3) is 0 Å². The highest BCUT2D eigenvalue weighted by molar-refractivity contribution is 5.82. The van der Waals surface area contributed by atoms with Crippen LogP contribution in [-0.2, 0) is 14.3 Å². The second-order valence-corrected chi connectivity index (χ2v) is 6.05. The molecule has 1 saturated heterocycles. The van der Waals surface area contributed by atoms with Crippen molar-refractivity contribution in [1.82, 2.24) is 14.7 Å². The van der Waals surface area contributed by atoms with Crippen molar-refractivity contribution < 1.29 is 19.1 Å². The number of nitrogens with zero attached hydrogens (tertiary/aromatic N) is 3. The Kier molecular flexibility index (Phi) is 4.20. The highest BCUT2D eigenvalue weighted by Gasteiger charge is 2.43. The monoisotopic (exact) mass is 295 g/mol. The Morgan fingerprint density at radius 2 is 2.05 bits per heavy atom. The normalized spacial score (nSPS) is 22.2. The number of likely N-dealkylation sites (tertiary alicyclic amines) is 1. The van der Waals surface area contributed by atoms with Gasteiger partial charge in [0.15, 0.2) is 0 Å². The quantitative estimate of drug-likeness (QED) is 0.775. The number of amides is 1. The summed E-state index contributed by atoms with van der Waals surface area (Å²) in [6.07, 6.45) is 3.45. The fraction of sp³-hybridized carbons (Fsp3) is 0.643. The van der Waals surface area contributed by atoms with Gasteiger partial charge in [0, 0.05) is 25.4 Å². The molecule has 1 amide bonds. The van der Waals surface area contributed by atoms with E-state index in [1.807, 2.05) is 12.3 Å². The number of hydrogen-bond acceptors (Lipinski definition) is 5. The average molecular weight is 295 g/mol. The van der Waals surface area contributed by atoms with Gasteiger partial charge >= 0.3 is 12.1 Å². The first-order valence-electron chi connectivity index (χ1n) is 6.88. The summed E-state index contributed by atoms with van der Waals surface area (Å²) in [7, 11) is 1.32. The summed E-state index contributed by atoms with van der Waals surface area (Å²) < 4.78 is 11.9. The van der Waals surface area contributed by atoms with Gasteiger partial charge < -0.3 is 9.47 Å². The van der Waals surface area contributed by atoms with Gasteiger partial charge in [-0.15, -0.1) is 0 Å². The first-order chi connectivity index (χ1) is 9.81. The summed E-state index contributed by atoms with van der Waals surface area (Å²) in [5.41, 5.74) is -0.610. The van der Waals surface area contributed by atoms with Gasteiger partial charge in [-0.3, -0.25) is 9.58 Å². The number of methoxy groups -OCH3 is 1. The molecule has 1 aliphatic heterocycles. The van der Waals surface area contributed by atoms with Gasteiger partial charge in [-0.1, -0.05) is 0 Å². The van der Waals surface area contributed by atoms with E-state index in [1.165, 1.54) is 12.0 Å². The summed E-state index contributed by atoms with van der Waals surface area (Å²) in [4.78, 5) is 25.6. The Balaban J connectivity index is 2.16. The lowest BCUT2D eigenvalue weighted by atomic mass is 10.2. The minimum absolute atomic E-state index is 0.0587. The molecule has 1 fully saturated rings. The van der Waals surface area contributed by atoms with Gasteiger partial charge in [0.25, 0.3) is 0 Å². The molecule has 0 spiro atoms. The number of aromatic nitrogens is 2. The molecule has 2 heterocycles. The van der Waals surface area contributed by atoms with E-state index in [0.29, 0.717) is 13.0 Å². The van der Waals surface area contributed by atoms with Gasteiger partial charge in [0.2, 0.25) is 0 Å². The first kappa shape index (κ1) is 15.3. The zero-order chi connectivity index (χ0) is 15.6. The Labute approximate surface area is 123 Å². The summed E-state index contributed by atoms with van der Waals surface area (Å²) in [5, 5.41) is 4.17. The lowest BCUT2D eigenvalue weighted by Crippen LogP contribution is -2.43. The highest BCUT2D eigenvalue weighted by Crippen LogP contribution is 2.29. The van der Waals surface area contributed by atoms with E-state index in [4.69, 9.17) is 9.47 Å². The Morgan fingerprint density at radius 1 is 1.33 bits per heavy atom. The van der Waals surface area contributed by atoms with Gasteiger partial charge in [-0.2, -0.15) is 5.10 Å². The number of carbonyl (C=O) groups is 2. The molecular formula is C14H21N3O4. The molecule has 2 rings (SSSR count). The standard InChI is InChI=1S/C14H21N3O4/c1-14(2,3)21-13(19)16-9-10(17-7-5-6-15-17)8-11(16)12(18)20-4/h5-7,10-11H,8-9H2,1-4H3/t10-,11+/m1/s1. The molecule has 1 aromatic heterocycles. The first-order valence-corrected chi connectivity index (χ1v) is 6.88. The van der Waals surface area contributed by atoms with Gasteiger partial charge in [-0.05, 0) is 26.8 Å². The predicted octanol–water partition coefficient (Wildman–Crippen LogP) is 1.61. The molecular weight excluding hydrogens is 274 g/mol. The fourth-order valence-corrected chi connectivity index (χ4v) is 2.38. The Hall–Kier alpha value is -2.05. The van der Waals surface area contributed by atoms with Crippen LogP contribution in [0.3, 0.4) is 0 Å². The molecule has 21 heavy (non-hydrogen) atoms. The maximum Gasteiger partial charge on any atom is 0.411 e. The molecule has 0 saturated carbocycles. The highest BCUT2D eigenvalue weighted by atomic mass is 16.6. The maximum absolute atomic E-state index is 12.3. The number of esters is 1. The molecule has 0 N–H and O–H groups in total. The fourth-order valence-electron chi connectivity index (χ4n) is 2.38. The van der Waals surface area contributed by atoms with Crippen LogP contribution in [0, 0.1) is 0 Å². The van der Waals surface area contributed by atoms with E-state index < -0.39 is 23.7 Å². The van der Waals surface area contributed by atoms with Crippen molar-refractivity contribution in [3.63, 3.8) is 0 Å². The lowest BCUT2D eigenvalue weighted by molar-refractivity contribution is -0.145. The van der Waals surface area contributed by atoms with Crippen LogP contribution in [0.1, 0.15) is 33.2 Å². The van der Waals surface area contributed by atoms with E-state index in [9.17, 15) is 9.59 Å². The van der Waals surface area contributed by atoms with Crippen LogP contribution >= 0.6 is 0 Å². The van der Waals surface area contributed by atoms with Gasteiger partial charge in [0.1, 0.15) is 11.6 Å². The average Bonchev–Trinajstić information content (AvgIpc) is 3.04. The van der Waals surface area contributed by atoms with Crippen LogP contribution in [0.2, 0.25) is 0 Å². The van der Waals surface area contributed by atoms with E-state index in [-0.39, 0.29) is 6.04 Å². The molecule has 116 valence electrons. The summed E-state index contributed by atoms with van der Waals surface area (Å²) in [6.45, 7) is 5.74. The SMILES string of the molecule is COC(=O)[C@@H]1C[C@@H](n2cccn2)CN1C(=O)OC(C)(C)C. The Morgan fingerprint density at radius 3 is 2.57 bits per heavy atom. The molecule has 2 atom stereocenters. The van der Waals surface area contributed by atoms with Crippen LogP contribution in [0.15, 0.2) is 18.5 Å². The number of rotatable bonds is 2. The van der Waals surface area contributed by atoms with Crippen LogP contribution in [0.4, 0.5) is 4.79 Å². The van der Waals surface area contributed by atoms with Crippen LogP contribution in [-0.4, -0.2) is 52.0 Å². The van der Waals surface area contributed by atoms with Crippen LogP contribution in [0.5, 0.6) is 0 Å². The van der Waals surface area contributed by atoms with Crippen molar-refractivity contribution >= 4 is 12.1 Å². The largest absolute Gasteiger partial charge is 0.467 e. The van der Waals surface area contributed by atoms with Crippen molar-refractivity contribution in [1.29, 1.82) is 0 Å². The second-order valence-electron chi connectivity index (χ2n) is 6.05. The van der Waals surface area contributed by atoms with Crippen molar-refractivity contribution in [2.75, 3.05) is 13.7 Å². The molecule has 0 radical (unpaired) electrons. The summed E-state index contributed by atoms with van der Waals surface area (Å²) in [5.74, 6) is -0.435. The van der Waals surface area contributed by atoms with E-state index in [0.717, 1.165) is 0 Å². The van der Waals surface area contributed by atoms with Crippen LogP contribution < -0.4 is 0 Å². The molecule has 0 aliphatic carbocycles. The van der Waals surface area contributed by atoms with Gasteiger partial charge in [-0.25, -0.2) is 9.59 Å². The number of ether oxygens (including phenoxy) is 2. The Bertz CT molecular complexity index is 507. The molecule has 0 unspecified atom stereocenters. The summed E-state index contributed by atoms with van der Waals surface area (Å²) >= 11 is 0. The van der Waals surface area contributed by atoms with E-state index in [1.54, 1.807) is 31.6 Å². The molecule has 0 bridgehead atoms. The number of hydrogen-bond donors (Lipinski definition) is 0. The van der Waals surface area contributed by atoms with E-state index >= 15 is 0 Å². The van der Waals surface area contributed by atoms with Crippen molar-refractivity contribution in [2.24, 2.45) is 0 Å². The minimum Gasteiger partial charge on any atom is -0.467 e. The molecule has 1 aromatic rings. The van der Waals surface area contributed by atoms with Crippen molar-refractivity contribution in [2.45, 2.75) is 44.9 Å². The smallest absolute Gasteiger partial charge is 0.411 e. The van der Waals surface area contributed by atoms with Crippen molar-refractivity contribution in [3.05, 3.63) is 18.5 Å². The number of carbonyl (C=O) groups excluding carboxylic acids is 2. The minimum atomic E-state index is -0.640. The second kappa shape index (κ2) is 5.75. The molecule has 1 aliphatic rings. The molecule has 7 nitrogen and oxygen atoms in total. The lowest BCUT2D eigenvalue weighted by Gasteiger charge is -2.27. The van der Waals surface area contributed by atoms with E-state index in [2.05, 4.69) is 5.10 Å². The van der Waals surface area contributed by atoms with Gasteiger partial charge in [0.05, 0.1) is 13.2 Å². The summed E-state index contributed by atoms with van der Waals surface area (Å²) in [6, 6.07) is 1.11. The topological polar surface area (TPSA) is 73.7 Å². The van der Waals surface area contributed by atoms with Crippen molar-refractivity contribution in [3.8, 4) is 0 Å². The zero-order valence-corrected chi connectivity index (χ0v) is 12.8.